The van der Waals surface area contributed by atoms with Crippen LogP contribution < -0.4 is 26.6 Å². The summed E-state index contributed by atoms with van der Waals surface area (Å²) < 4.78 is 40.3. The Morgan fingerprint density at radius 3 is 2.29 bits per heavy atom. The molecule has 0 aliphatic carbocycles. The van der Waals surface area contributed by atoms with E-state index in [9.17, 15) is 34.9 Å². The van der Waals surface area contributed by atoms with Gasteiger partial charge >= 0.3 is 11.9 Å². The number of carbonyl (C=O) groups excluding carboxylic acids is 7. The number of methoxy groups -OCH3 is 1. The number of aromatic nitrogens is 9. The predicted octanol–water partition coefficient (Wildman–Crippen LogP) is 6.33. The summed E-state index contributed by atoms with van der Waals surface area (Å²) in [5, 5.41) is 74.5. The number of hydrogen-bond acceptors (Lipinski definition) is 30. The number of aromatic hydroxyl groups is 1. The van der Waals surface area contributed by atoms with E-state index in [0.29, 0.717) is 23.3 Å². The minimum Gasteiger partial charge on any atom is -0.506 e. The summed E-state index contributed by atoms with van der Waals surface area (Å²) in [6.07, 6.45) is -5.18. The molecule has 9 N–H and O–H groups in total. The maximum atomic E-state index is 15.2. The van der Waals surface area contributed by atoms with Crippen molar-refractivity contribution in [2.24, 2.45) is 0 Å². The van der Waals surface area contributed by atoms with E-state index in [1.807, 2.05) is 28.9 Å². The lowest BCUT2D eigenvalue weighted by atomic mass is 9.85. The Hall–Kier alpha value is -10.1. The number of rotatable bonds is 11. The number of carbonyl (C=O) groups is 7. The number of cyclic esters (lactones) is 2. The molecule has 105 heavy (non-hydrogen) atoms. The zero-order chi connectivity index (χ0) is 73.9. The summed E-state index contributed by atoms with van der Waals surface area (Å²) in [4.78, 5) is 133. The molecule has 12 heterocycles. The van der Waals surface area contributed by atoms with Crippen LogP contribution in [0.5, 0.6) is 5.75 Å². The average Bonchev–Trinajstić information content (AvgIpc) is 1.72. The number of esters is 2. The van der Waals surface area contributed by atoms with E-state index in [1.165, 1.54) is 54.6 Å². The average molecular weight is 1530 g/mol. The van der Waals surface area contributed by atoms with Crippen LogP contribution in [-0.2, 0) is 57.8 Å². The molecule has 1 saturated heterocycles. The zero-order valence-electron chi connectivity index (χ0n) is 56.8. The number of aliphatic hydroxyl groups excluding tert-OH is 1. The number of nitrogens with one attached hydrogen (secondary N) is 5. The Bertz CT molecular complexity index is 5110. The molecule has 0 saturated carbocycles. The number of pyridine rings is 1. The molecule has 0 spiro atoms. The Kier molecular flexibility index (Phi) is 20.2. The SMILES string of the molecule is CO/C(C)=C1/NC(=O)C(C(C)O)NC(=O)c2csc(n2)-c2cc(O)c(-c3nc(C(=O)NCCCn4ncc5ccccc54)cs3)nc2-c2csc(n2)C2COC(=O)c3c4c5c(cccc5n3O)COC(=O)C(OC3CC(C)(O)C(N(C)C)C(C)O3)C(OC4)C(NC(=O)c3csc1n3)c1nc(cs1)C(=O)N2. The second kappa shape index (κ2) is 29.5. The lowest BCUT2D eigenvalue weighted by Gasteiger charge is -2.48. The van der Waals surface area contributed by atoms with E-state index in [1.54, 1.807) is 56.6 Å². The van der Waals surface area contributed by atoms with Crippen molar-refractivity contribution in [1.82, 2.24) is 75.9 Å². The smallest absolute Gasteiger partial charge is 0.358 e. The number of para-hydroxylation sites is 1. The zero-order valence-corrected chi connectivity index (χ0v) is 60.9. The highest BCUT2D eigenvalue weighted by Crippen LogP contribution is 2.43. The molecule has 32 nitrogen and oxygen atoms in total. The van der Waals surface area contributed by atoms with Crippen LogP contribution in [0, 0.1) is 0 Å². The van der Waals surface area contributed by atoms with Crippen molar-refractivity contribution >= 4 is 126 Å². The molecule has 4 aliphatic heterocycles. The Morgan fingerprint density at radius 1 is 0.819 bits per heavy atom. The molecule has 546 valence electrons. The molecule has 14 rings (SSSR count). The largest absolute Gasteiger partial charge is 0.506 e. The fourth-order valence-electron chi connectivity index (χ4n) is 13.2. The number of amides is 5. The first-order chi connectivity index (χ1) is 50.4. The van der Waals surface area contributed by atoms with Gasteiger partial charge < -0.3 is 80.4 Å². The van der Waals surface area contributed by atoms with Crippen molar-refractivity contribution in [3.05, 3.63) is 142 Å². The summed E-state index contributed by atoms with van der Waals surface area (Å²) in [5.74, 6) is -6.70. The normalized spacial score (nSPS) is 23.3. The number of ether oxygens (including phenoxy) is 6. The molecule has 5 amide bonds. The highest BCUT2D eigenvalue weighted by atomic mass is 32.1. The molecule has 10 atom stereocenters. The van der Waals surface area contributed by atoms with E-state index in [0.717, 1.165) is 67.6 Å². The van der Waals surface area contributed by atoms with Crippen LogP contribution in [0.25, 0.3) is 60.2 Å². The summed E-state index contributed by atoms with van der Waals surface area (Å²) in [6.45, 7) is 5.14. The number of aliphatic hydroxyl groups is 2. The highest BCUT2D eigenvalue weighted by Gasteiger charge is 2.50. The van der Waals surface area contributed by atoms with E-state index in [-0.39, 0.29) is 111 Å². The summed E-state index contributed by atoms with van der Waals surface area (Å²) >= 11 is 4.71. The molecular weight excluding hydrogens is 1460 g/mol. The third-order valence-electron chi connectivity index (χ3n) is 18.1. The van der Waals surface area contributed by atoms with Gasteiger partial charge in [-0.3, -0.25) is 28.7 Å². The number of aryl methyl sites for hydroxylation is 1. The number of thiazole rings is 5. The van der Waals surface area contributed by atoms with Crippen LogP contribution in [0.2, 0.25) is 0 Å². The molecule has 4 aliphatic rings. The third kappa shape index (κ3) is 14.3. The maximum absolute atomic E-state index is 15.2. The Labute approximate surface area is 616 Å². The molecule has 1 fully saturated rings. The fraction of sp³-hybridized carbons (Fsp3) is 0.353. The molecule has 8 aromatic heterocycles. The minimum atomic E-state index is -1.91. The number of allylic oxidation sites excluding steroid dienone is 1. The quantitative estimate of drug-likeness (QED) is 0.0295. The summed E-state index contributed by atoms with van der Waals surface area (Å²) in [7, 11) is 4.87. The van der Waals surface area contributed by atoms with Gasteiger partial charge in [-0.05, 0) is 72.0 Å². The van der Waals surface area contributed by atoms with Crippen molar-refractivity contribution < 1.29 is 82.5 Å². The predicted molar refractivity (Wildman–Crippen MR) is 381 cm³/mol. The van der Waals surface area contributed by atoms with Crippen LogP contribution in [0.3, 0.4) is 0 Å². The third-order valence-corrected chi connectivity index (χ3v) is 22.6. The number of likely N-dealkylation sites (N-methyl/N-ethyl adjacent to an activating group) is 1. The van der Waals surface area contributed by atoms with Gasteiger partial charge in [-0.2, -0.15) is 9.83 Å². The van der Waals surface area contributed by atoms with Crippen molar-refractivity contribution in [2.75, 3.05) is 34.4 Å². The van der Waals surface area contributed by atoms with Crippen LogP contribution >= 0.6 is 56.7 Å². The fourth-order valence-corrected chi connectivity index (χ4v) is 17.4. The van der Waals surface area contributed by atoms with Gasteiger partial charge in [0.25, 0.3) is 23.6 Å². The van der Waals surface area contributed by atoms with E-state index < -0.39 is 133 Å². The molecule has 10 unspecified atom stereocenters. The van der Waals surface area contributed by atoms with Crippen molar-refractivity contribution in [2.45, 2.75) is 121 Å². The monoisotopic (exact) mass is 1530 g/mol. The molecular formula is C68H67N15O17S5. The highest BCUT2D eigenvalue weighted by molar-refractivity contribution is 7.14. The first-order valence-corrected chi connectivity index (χ1v) is 37.2. The van der Waals surface area contributed by atoms with Gasteiger partial charge in [0.2, 0.25) is 5.91 Å². The molecule has 12 bridgehead atoms. The van der Waals surface area contributed by atoms with Crippen molar-refractivity contribution in [1.29, 1.82) is 0 Å². The number of fused-ring (bicyclic) bond motifs is 16. The van der Waals surface area contributed by atoms with Gasteiger partial charge in [-0.15, -0.1) is 56.7 Å². The van der Waals surface area contributed by atoms with Gasteiger partial charge in [-0.25, -0.2) is 39.5 Å². The van der Waals surface area contributed by atoms with Crippen molar-refractivity contribution in [3.8, 4) is 38.4 Å². The molecule has 10 aromatic rings. The first-order valence-electron chi connectivity index (χ1n) is 32.8. The standard InChI is InChI=1S/C68H67N15O17S5/c1-29(84)47-60(90)79-48(30(2)95-7)63-75-41(28-103-63)59(89)80-51-53-54(100-45-19-68(4,93)55(81(5)6)31(3)99-45)67(92)97-21-33-13-10-15-43-46(33)35(22-96-53)52(83(43)94)66(91)98-23-36(71-57(87)39-27-105-65(51)76-39)62-72-37(24-102-62)49-34(61-73-40(26-101-61)58(88)78-47)18-44(85)50(77-49)64-74-38(25-104-64)56(86)69-16-11-17-82-42-14-9-8-12-32(42)20-70-82/h8-10,12-15,18,20,24-29,31,36,45,47,51,53-55,84-85,93-94H,11,16-17,19,21-23H2,1-7H3,(H,69,86)(H,71,87)(H,78,88)(H,79,90)(H,80,89)/b48-30+. The van der Waals surface area contributed by atoms with Gasteiger partial charge in [0.1, 0.15) is 120 Å². The Balaban J connectivity index is 0.893. The lowest BCUT2D eigenvalue weighted by Crippen LogP contribution is -2.62. The van der Waals surface area contributed by atoms with Crippen LogP contribution in [0.15, 0.2) is 87.4 Å². The van der Waals surface area contributed by atoms with Crippen molar-refractivity contribution in [3.63, 3.8) is 0 Å². The van der Waals surface area contributed by atoms with Crippen LogP contribution in [0.4, 0.5) is 0 Å². The second-order valence-electron chi connectivity index (χ2n) is 25.6. The number of hydrogen-bond donors (Lipinski definition) is 9. The van der Waals surface area contributed by atoms with Crippen LogP contribution in [-0.4, -0.2) is 194 Å². The molecule has 37 heteroatoms. The molecule has 2 aromatic carbocycles. The molecule has 0 radical (unpaired) electrons. The van der Waals surface area contributed by atoms with E-state index in [4.69, 9.17) is 43.4 Å². The van der Waals surface area contributed by atoms with E-state index in [2.05, 4.69) is 46.6 Å². The minimum absolute atomic E-state index is 0.00513. The summed E-state index contributed by atoms with van der Waals surface area (Å²) in [5.41, 5.74) is -1.25. The topological polar surface area (TPSA) is 419 Å². The number of nitrogens with zero attached hydrogens (tertiary/aromatic N) is 10. The van der Waals surface area contributed by atoms with Gasteiger partial charge in [0.15, 0.2) is 18.1 Å². The summed E-state index contributed by atoms with van der Waals surface area (Å²) in [6, 6.07) is 8.59. The van der Waals surface area contributed by atoms with Crippen LogP contribution in [0.1, 0.15) is 131 Å². The van der Waals surface area contributed by atoms with Gasteiger partial charge in [0, 0.05) is 68.3 Å². The van der Waals surface area contributed by atoms with Gasteiger partial charge in [0.05, 0.1) is 54.8 Å². The number of benzene rings is 2. The lowest BCUT2D eigenvalue weighted by molar-refractivity contribution is -0.280. The van der Waals surface area contributed by atoms with Gasteiger partial charge in [-0.1, -0.05) is 30.3 Å². The van der Waals surface area contributed by atoms with E-state index >= 15 is 19.2 Å². The second-order valence-corrected chi connectivity index (χ2v) is 29.9. The first kappa shape index (κ1) is 71.9. The Morgan fingerprint density at radius 2 is 1.51 bits per heavy atom. The maximum Gasteiger partial charge on any atom is 0.358 e.